The molecule has 1 amide bonds. The predicted octanol–water partition coefficient (Wildman–Crippen LogP) is 1.31. The van der Waals surface area contributed by atoms with Gasteiger partial charge in [0.2, 0.25) is 5.91 Å². The molecule has 0 saturated carbocycles. The van der Waals surface area contributed by atoms with Crippen molar-refractivity contribution in [3.8, 4) is 0 Å². The molecular formula is C13H17FN2O2. The number of halogens is 1. The molecule has 4 nitrogen and oxygen atoms in total. The fourth-order valence-electron chi connectivity index (χ4n) is 3.09. The van der Waals surface area contributed by atoms with Crippen LogP contribution in [0.5, 0.6) is 0 Å². The first-order valence-electron chi connectivity index (χ1n) is 6.37. The lowest BCUT2D eigenvalue weighted by Gasteiger charge is -2.32. The van der Waals surface area contributed by atoms with Crippen molar-refractivity contribution in [2.45, 2.75) is 19.3 Å². The van der Waals surface area contributed by atoms with Gasteiger partial charge < -0.3 is 15.0 Å². The van der Waals surface area contributed by atoms with Crippen LogP contribution in [0.2, 0.25) is 0 Å². The van der Waals surface area contributed by atoms with Crippen molar-refractivity contribution in [3.05, 3.63) is 23.9 Å². The molecule has 1 spiro atoms. The van der Waals surface area contributed by atoms with Crippen LogP contribution >= 0.6 is 0 Å². The van der Waals surface area contributed by atoms with Crippen LogP contribution in [0.3, 0.4) is 0 Å². The van der Waals surface area contributed by atoms with Crippen molar-refractivity contribution >= 4 is 5.91 Å². The molecule has 0 aromatic carbocycles. The summed E-state index contributed by atoms with van der Waals surface area (Å²) in [6.07, 6.45) is 2.51. The van der Waals surface area contributed by atoms with Gasteiger partial charge in [-0.2, -0.15) is 0 Å². The van der Waals surface area contributed by atoms with E-state index < -0.39 is 5.83 Å². The van der Waals surface area contributed by atoms with E-state index in [4.69, 9.17) is 4.74 Å². The van der Waals surface area contributed by atoms with Gasteiger partial charge in [0.25, 0.3) is 0 Å². The molecule has 3 heterocycles. The zero-order valence-electron chi connectivity index (χ0n) is 10.3. The second-order valence-electron chi connectivity index (χ2n) is 5.21. The molecule has 1 N–H and O–H groups in total. The molecule has 3 rings (SSSR count). The van der Waals surface area contributed by atoms with Crippen LogP contribution in [-0.2, 0) is 9.53 Å². The largest absolute Gasteiger partial charge is 0.485 e. The third kappa shape index (κ3) is 1.57. The molecule has 0 bridgehead atoms. The van der Waals surface area contributed by atoms with Gasteiger partial charge in [-0.3, -0.25) is 4.79 Å². The van der Waals surface area contributed by atoms with Crippen LogP contribution in [0, 0.1) is 5.41 Å². The van der Waals surface area contributed by atoms with Crippen molar-refractivity contribution < 1.29 is 13.9 Å². The van der Waals surface area contributed by atoms with Crippen LogP contribution in [0.25, 0.3) is 0 Å². The van der Waals surface area contributed by atoms with Gasteiger partial charge >= 0.3 is 0 Å². The summed E-state index contributed by atoms with van der Waals surface area (Å²) >= 11 is 0. The fraction of sp³-hybridized carbons (Fsp3) is 0.615. The van der Waals surface area contributed by atoms with E-state index in [-0.39, 0.29) is 23.7 Å². The number of ether oxygens (including phenoxy) is 1. The number of allylic oxidation sites excluding steroid dienone is 1. The molecule has 2 fully saturated rings. The smallest absolute Gasteiger partial charge is 0.233 e. The predicted molar refractivity (Wildman–Crippen MR) is 64.1 cm³/mol. The first-order chi connectivity index (χ1) is 8.64. The van der Waals surface area contributed by atoms with Gasteiger partial charge in [0.1, 0.15) is 12.4 Å². The topological polar surface area (TPSA) is 41.6 Å². The van der Waals surface area contributed by atoms with Crippen molar-refractivity contribution in [3.63, 3.8) is 0 Å². The minimum atomic E-state index is -0.464. The van der Waals surface area contributed by atoms with E-state index in [0.717, 1.165) is 32.4 Å². The standard InChI is InChI=1S/C13H17FN2O2/c1-9-11(14)10(8-18-9)16-7-4-13(12(16)17)2-5-15-6-3-13/h15H,1-8H2. The number of rotatable bonds is 1. The summed E-state index contributed by atoms with van der Waals surface area (Å²) in [5.41, 5.74) is 0.0861. The van der Waals surface area contributed by atoms with Crippen LogP contribution in [-0.4, -0.2) is 37.0 Å². The van der Waals surface area contributed by atoms with Gasteiger partial charge in [0.05, 0.1) is 11.1 Å². The highest BCUT2D eigenvalue weighted by Gasteiger charge is 2.49. The molecule has 0 aliphatic carbocycles. The summed E-state index contributed by atoms with van der Waals surface area (Å²) in [6.45, 7) is 5.94. The average Bonchev–Trinajstić information content (AvgIpc) is 2.86. The van der Waals surface area contributed by atoms with Crippen molar-refractivity contribution in [2.24, 2.45) is 5.41 Å². The Bertz CT molecular complexity index is 438. The fourth-order valence-corrected chi connectivity index (χ4v) is 3.09. The number of amides is 1. The third-order valence-corrected chi connectivity index (χ3v) is 4.28. The molecule has 0 atom stereocenters. The summed E-state index contributed by atoms with van der Waals surface area (Å²) in [5.74, 6) is -0.356. The van der Waals surface area contributed by atoms with E-state index >= 15 is 0 Å². The maximum Gasteiger partial charge on any atom is 0.233 e. The number of hydrogen-bond donors (Lipinski definition) is 1. The summed E-state index contributed by atoms with van der Waals surface area (Å²) in [7, 11) is 0. The van der Waals surface area contributed by atoms with E-state index in [2.05, 4.69) is 11.9 Å². The molecule has 0 radical (unpaired) electrons. The highest BCUT2D eigenvalue weighted by Crippen LogP contribution is 2.43. The van der Waals surface area contributed by atoms with Gasteiger partial charge in [-0.05, 0) is 32.4 Å². The molecule has 3 aliphatic rings. The molecule has 2 saturated heterocycles. The Labute approximate surface area is 105 Å². The first-order valence-corrected chi connectivity index (χ1v) is 6.37. The normalized spacial score (nSPS) is 27.3. The van der Waals surface area contributed by atoms with Gasteiger partial charge in [0, 0.05) is 6.54 Å². The summed E-state index contributed by atoms with van der Waals surface area (Å²) in [6, 6.07) is 0. The van der Waals surface area contributed by atoms with Gasteiger partial charge in [-0.1, -0.05) is 6.58 Å². The number of hydrogen-bond acceptors (Lipinski definition) is 3. The van der Waals surface area contributed by atoms with Crippen molar-refractivity contribution in [1.29, 1.82) is 0 Å². The zero-order valence-corrected chi connectivity index (χ0v) is 10.3. The van der Waals surface area contributed by atoms with Crippen LogP contribution < -0.4 is 5.32 Å². The second kappa shape index (κ2) is 4.09. The number of likely N-dealkylation sites (tertiary alicyclic amines) is 1. The van der Waals surface area contributed by atoms with Crippen LogP contribution in [0.4, 0.5) is 4.39 Å². The third-order valence-electron chi connectivity index (χ3n) is 4.28. The lowest BCUT2D eigenvalue weighted by Crippen LogP contribution is -2.42. The molecule has 0 aromatic rings. The van der Waals surface area contributed by atoms with E-state index in [1.807, 2.05) is 0 Å². The highest BCUT2D eigenvalue weighted by atomic mass is 19.1. The Hall–Kier alpha value is -1.36. The highest BCUT2D eigenvalue weighted by molar-refractivity contribution is 5.86. The number of carbonyl (C=O) groups excluding carboxylic acids is 1. The van der Waals surface area contributed by atoms with E-state index in [0.29, 0.717) is 12.2 Å². The number of nitrogens with one attached hydrogen (secondary N) is 1. The molecule has 18 heavy (non-hydrogen) atoms. The van der Waals surface area contributed by atoms with E-state index in [9.17, 15) is 9.18 Å². The molecule has 3 aliphatic heterocycles. The molecule has 0 aromatic heterocycles. The SMILES string of the molecule is C=C1OCC(N2CCC3(CCNCC3)C2=O)=C1F. The van der Waals surface area contributed by atoms with Crippen molar-refractivity contribution in [1.82, 2.24) is 10.2 Å². The van der Waals surface area contributed by atoms with Crippen molar-refractivity contribution in [2.75, 3.05) is 26.2 Å². The Morgan fingerprint density at radius 3 is 2.67 bits per heavy atom. The Balaban J connectivity index is 1.85. The summed E-state index contributed by atoms with van der Waals surface area (Å²) in [4.78, 5) is 14.1. The maximum atomic E-state index is 13.8. The molecule has 5 heteroatoms. The monoisotopic (exact) mass is 252 g/mol. The molecular weight excluding hydrogens is 235 g/mol. The Morgan fingerprint density at radius 2 is 2.06 bits per heavy atom. The number of carbonyl (C=O) groups is 1. The summed E-state index contributed by atoms with van der Waals surface area (Å²) in [5, 5.41) is 3.26. The second-order valence-corrected chi connectivity index (χ2v) is 5.21. The maximum absolute atomic E-state index is 13.8. The molecule has 0 unspecified atom stereocenters. The Morgan fingerprint density at radius 1 is 1.33 bits per heavy atom. The van der Waals surface area contributed by atoms with Gasteiger partial charge in [-0.15, -0.1) is 0 Å². The quantitative estimate of drug-likeness (QED) is 0.765. The number of piperidine rings is 1. The minimum absolute atomic E-state index is 0.0454. The minimum Gasteiger partial charge on any atom is -0.485 e. The van der Waals surface area contributed by atoms with Gasteiger partial charge in [-0.25, -0.2) is 4.39 Å². The first kappa shape index (κ1) is 11.7. The lowest BCUT2D eigenvalue weighted by molar-refractivity contribution is -0.136. The van der Waals surface area contributed by atoms with Gasteiger partial charge in [0.15, 0.2) is 5.83 Å². The van der Waals surface area contributed by atoms with Crippen LogP contribution in [0.15, 0.2) is 23.9 Å². The zero-order chi connectivity index (χ0) is 12.8. The lowest BCUT2D eigenvalue weighted by atomic mass is 9.78. The van der Waals surface area contributed by atoms with E-state index in [1.165, 1.54) is 0 Å². The van der Waals surface area contributed by atoms with E-state index in [1.54, 1.807) is 4.90 Å². The van der Waals surface area contributed by atoms with Crippen LogP contribution in [0.1, 0.15) is 19.3 Å². The average molecular weight is 252 g/mol. The summed E-state index contributed by atoms with van der Waals surface area (Å²) < 4.78 is 18.9. The Kier molecular flexibility index (Phi) is 2.66. The molecule has 98 valence electrons. The number of nitrogens with zero attached hydrogens (tertiary/aromatic N) is 1.